The van der Waals surface area contributed by atoms with E-state index in [1.807, 2.05) is 27.7 Å². The third-order valence-corrected chi connectivity index (χ3v) is 7.66. The van der Waals surface area contributed by atoms with Gasteiger partial charge in [-0.15, -0.1) is 0 Å². The molecule has 2 bridgehead atoms. The lowest BCUT2D eigenvalue weighted by Gasteiger charge is -2.42. The number of nitrogens with one attached hydrogen (secondary N) is 1. The normalized spacial score (nSPS) is 22.5. The Bertz CT molecular complexity index is 1270. The van der Waals surface area contributed by atoms with Crippen molar-refractivity contribution in [2.45, 2.75) is 44.2 Å². The first-order chi connectivity index (χ1) is 17.9. The number of rotatable bonds is 8. The molecule has 2 saturated heterocycles. The van der Waals surface area contributed by atoms with E-state index in [-0.39, 0.29) is 48.6 Å². The first-order valence-corrected chi connectivity index (χ1v) is 12.7. The van der Waals surface area contributed by atoms with Gasteiger partial charge in [0.25, 0.3) is 11.5 Å². The van der Waals surface area contributed by atoms with Gasteiger partial charge < -0.3 is 24.3 Å². The van der Waals surface area contributed by atoms with Crippen LogP contribution in [0.25, 0.3) is 0 Å². The Balaban J connectivity index is 1.15. The van der Waals surface area contributed by atoms with Crippen LogP contribution in [0.2, 0.25) is 0 Å². The van der Waals surface area contributed by atoms with Gasteiger partial charge in [-0.2, -0.15) is 0 Å². The highest BCUT2D eigenvalue weighted by atomic mass is 16.5. The topological polar surface area (TPSA) is 110 Å². The summed E-state index contributed by atoms with van der Waals surface area (Å²) in [6, 6.07) is 9.69. The fraction of sp³-hybridized carbons (Fsp3) is 0.481. The average molecular weight is 509 g/mol. The summed E-state index contributed by atoms with van der Waals surface area (Å²) in [5.74, 6) is 1.27. The second-order valence-electron chi connectivity index (χ2n) is 9.97. The summed E-state index contributed by atoms with van der Waals surface area (Å²) in [5, 5.41) is 2.73. The largest absolute Gasteiger partial charge is 0.493 e. The summed E-state index contributed by atoms with van der Waals surface area (Å²) in [6.07, 6.45) is 1.89. The van der Waals surface area contributed by atoms with E-state index in [4.69, 9.17) is 9.47 Å². The lowest BCUT2D eigenvalue weighted by Crippen LogP contribution is -2.49. The van der Waals surface area contributed by atoms with Crippen LogP contribution in [0.3, 0.4) is 0 Å². The molecular weight excluding hydrogens is 476 g/mol. The fourth-order valence-electron chi connectivity index (χ4n) is 5.79. The van der Waals surface area contributed by atoms with Crippen LogP contribution in [-0.4, -0.2) is 72.1 Å². The minimum atomic E-state index is -0.703. The predicted octanol–water partition coefficient (Wildman–Crippen LogP) is 1.75. The van der Waals surface area contributed by atoms with E-state index in [0.717, 1.165) is 17.7 Å². The van der Waals surface area contributed by atoms with Gasteiger partial charge in [0.05, 0.1) is 14.2 Å². The zero-order chi connectivity index (χ0) is 26.1. The molecule has 0 radical (unpaired) electrons. The number of amides is 4. The fourth-order valence-corrected chi connectivity index (χ4v) is 5.79. The maximum Gasteiger partial charge on any atom is 0.324 e. The zero-order valence-corrected chi connectivity index (χ0v) is 21.1. The van der Waals surface area contributed by atoms with Gasteiger partial charge >= 0.3 is 6.03 Å². The Labute approximate surface area is 215 Å². The van der Waals surface area contributed by atoms with Gasteiger partial charge in [-0.05, 0) is 48.9 Å². The van der Waals surface area contributed by atoms with Crippen LogP contribution in [0.5, 0.6) is 11.5 Å². The van der Waals surface area contributed by atoms with E-state index in [9.17, 15) is 19.2 Å². The number of aromatic nitrogens is 1. The monoisotopic (exact) mass is 508 g/mol. The van der Waals surface area contributed by atoms with Crippen LogP contribution in [0.15, 0.2) is 41.2 Å². The van der Waals surface area contributed by atoms with Crippen LogP contribution in [-0.2, 0) is 22.6 Å². The third-order valence-electron chi connectivity index (χ3n) is 7.66. The van der Waals surface area contributed by atoms with Crippen molar-refractivity contribution in [3.8, 4) is 11.5 Å². The van der Waals surface area contributed by atoms with Crippen LogP contribution in [0, 0.1) is 5.92 Å². The molecule has 3 atom stereocenters. The molecule has 1 aromatic carbocycles. The van der Waals surface area contributed by atoms with Crippen molar-refractivity contribution in [2.24, 2.45) is 5.92 Å². The molecule has 2 aromatic rings. The predicted molar refractivity (Wildman–Crippen MR) is 135 cm³/mol. The first kappa shape index (κ1) is 24.9. The molecule has 4 amide bonds. The molecule has 2 fully saturated rings. The Hall–Kier alpha value is -3.82. The number of carbonyl (C=O) groups excluding carboxylic acids is 3. The molecule has 1 N–H and O–H groups in total. The SMILES string of the molecule is COc1ccc(CCN2C(=O)N[C@H](CCC(=O)N3C[C@H]4C[C@@H](C3)c3cccc(=O)n3C4)C2=O)cc1OC. The lowest BCUT2D eigenvalue weighted by molar-refractivity contribution is -0.134. The third kappa shape index (κ3) is 4.92. The van der Waals surface area contributed by atoms with Gasteiger partial charge in [0.15, 0.2) is 11.5 Å². The van der Waals surface area contributed by atoms with Crippen molar-refractivity contribution in [3.63, 3.8) is 0 Å². The maximum atomic E-state index is 13.1. The summed E-state index contributed by atoms with van der Waals surface area (Å²) in [7, 11) is 3.12. The maximum absolute atomic E-state index is 13.1. The number of urea groups is 1. The van der Waals surface area contributed by atoms with Crippen LogP contribution in [0.4, 0.5) is 4.79 Å². The van der Waals surface area contributed by atoms with Crippen molar-refractivity contribution in [2.75, 3.05) is 33.9 Å². The molecule has 0 aliphatic carbocycles. The van der Waals surface area contributed by atoms with Gasteiger partial charge in [-0.25, -0.2) is 4.79 Å². The number of likely N-dealkylation sites (tertiary alicyclic amines) is 1. The molecule has 5 rings (SSSR count). The van der Waals surface area contributed by atoms with Crippen LogP contribution >= 0.6 is 0 Å². The minimum absolute atomic E-state index is 0.0122. The van der Waals surface area contributed by atoms with Crippen molar-refractivity contribution >= 4 is 17.8 Å². The number of nitrogens with zero attached hydrogens (tertiary/aromatic N) is 3. The molecule has 4 heterocycles. The zero-order valence-electron chi connectivity index (χ0n) is 21.1. The Kier molecular flexibility index (Phi) is 6.90. The van der Waals surface area contributed by atoms with Crippen molar-refractivity contribution in [1.29, 1.82) is 0 Å². The Morgan fingerprint density at radius 2 is 1.84 bits per heavy atom. The lowest BCUT2D eigenvalue weighted by atomic mass is 9.83. The second-order valence-corrected chi connectivity index (χ2v) is 9.97. The Morgan fingerprint density at radius 3 is 2.62 bits per heavy atom. The molecular formula is C27H32N4O6. The first-order valence-electron chi connectivity index (χ1n) is 12.7. The molecule has 10 heteroatoms. The van der Waals surface area contributed by atoms with Gasteiger partial charge in [0.1, 0.15) is 6.04 Å². The number of fused-ring (bicyclic) bond motifs is 4. The molecule has 1 aromatic heterocycles. The summed E-state index contributed by atoms with van der Waals surface area (Å²) in [6.45, 7) is 2.04. The average Bonchev–Trinajstić information content (AvgIpc) is 3.18. The number of carbonyl (C=O) groups is 3. The molecule has 196 valence electrons. The second kappa shape index (κ2) is 10.3. The molecule has 37 heavy (non-hydrogen) atoms. The molecule has 10 nitrogen and oxygen atoms in total. The number of hydrogen-bond donors (Lipinski definition) is 1. The number of methoxy groups -OCH3 is 2. The van der Waals surface area contributed by atoms with E-state index in [1.54, 1.807) is 32.4 Å². The highest BCUT2D eigenvalue weighted by Crippen LogP contribution is 2.35. The molecule has 3 aliphatic heterocycles. The Morgan fingerprint density at radius 1 is 1.03 bits per heavy atom. The highest BCUT2D eigenvalue weighted by molar-refractivity contribution is 6.04. The smallest absolute Gasteiger partial charge is 0.324 e. The van der Waals surface area contributed by atoms with Crippen molar-refractivity contribution < 1.29 is 23.9 Å². The molecule has 3 aliphatic rings. The molecule has 0 spiro atoms. The molecule has 0 saturated carbocycles. The van der Waals surface area contributed by atoms with E-state index < -0.39 is 12.1 Å². The van der Waals surface area contributed by atoms with Crippen molar-refractivity contribution in [3.05, 3.63) is 58.0 Å². The number of pyridine rings is 1. The number of piperidine rings is 1. The van der Waals surface area contributed by atoms with E-state index in [0.29, 0.717) is 37.6 Å². The van der Waals surface area contributed by atoms with E-state index in [2.05, 4.69) is 5.32 Å². The number of hydrogen-bond acceptors (Lipinski definition) is 6. The molecule has 0 unspecified atom stereocenters. The summed E-state index contributed by atoms with van der Waals surface area (Å²) >= 11 is 0. The summed E-state index contributed by atoms with van der Waals surface area (Å²) in [4.78, 5) is 53.8. The summed E-state index contributed by atoms with van der Waals surface area (Å²) in [5.41, 5.74) is 1.92. The van der Waals surface area contributed by atoms with E-state index in [1.165, 1.54) is 4.90 Å². The van der Waals surface area contributed by atoms with Gasteiger partial charge in [-0.3, -0.25) is 19.3 Å². The summed E-state index contributed by atoms with van der Waals surface area (Å²) < 4.78 is 12.4. The van der Waals surface area contributed by atoms with Gasteiger partial charge in [0, 0.05) is 50.3 Å². The standard InChI is InChI=1S/C27H32N4O6/c1-36-22-8-6-17(13-23(22)37-2)10-11-30-26(34)20(28-27(30)35)7-9-24(32)29-14-18-12-19(16-29)21-4-3-5-25(33)31(21)15-18/h3-6,8,13,18-20H,7,9-12,14-16H2,1-2H3,(H,28,35)/t18-,19+,20-/m1/s1. The number of ether oxygens (including phenoxy) is 2. The quantitative estimate of drug-likeness (QED) is 0.544. The number of imide groups is 1. The minimum Gasteiger partial charge on any atom is -0.493 e. The van der Waals surface area contributed by atoms with Crippen LogP contribution in [0.1, 0.15) is 36.4 Å². The van der Waals surface area contributed by atoms with Gasteiger partial charge in [-0.1, -0.05) is 12.1 Å². The van der Waals surface area contributed by atoms with E-state index >= 15 is 0 Å². The highest BCUT2D eigenvalue weighted by Gasteiger charge is 2.39. The van der Waals surface area contributed by atoms with Gasteiger partial charge in [0.2, 0.25) is 5.91 Å². The van der Waals surface area contributed by atoms with Crippen molar-refractivity contribution in [1.82, 2.24) is 19.7 Å². The van der Waals surface area contributed by atoms with Crippen LogP contribution < -0.4 is 20.3 Å². The number of benzene rings is 1.